The van der Waals surface area contributed by atoms with Crippen LogP contribution in [0.2, 0.25) is 0 Å². The molecule has 1 fully saturated rings. The Kier molecular flexibility index (Phi) is 3.39. The Bertz CT molecular complexity index is 428. The second-order valence-corrected chi connectivity index (χ2v) is 4.97. The van der Waals surface area contributed by atoms with Crippen LogP contribution in [0, 0.1) is 6.92 Å². The number of hydrogen-bond acceptors (Lipinski definition) is 4. The Morgan fingerprint density at radius 3 is 2.78 bits per heavy atom. The van der Waals surface area contributed by atoms with Crippen LogP contribution < -0.4 is 14.8 Å². The van der Waals surface area contributed by atoms with Gasteiger partial charge >= 0.3 is 0 Å². The van der Waals surface area contributed by atoms with E-state index in [4.69, 9.17) is 9.47 Å². The van der Waals surface area contributed by atoms with Crippen molar-refractivity contribution in [2.24, 2.45) is 0 Å². The number of aryl methyl sites for hydroxylation is 1. The molecule has 2 aliphatic rings. The normalized spacial score (nSPS) is 19.8. The molecule has 18 heavy (non-hydrogen) atoms. The molecule has 0 aliphatic carbocycles. The van der Waals surface area contributed by atoms with Crippen molar-refractivity contribution in [2.45, 2.75) is 13.5 Å². The van der Waals surface area contributed by atoms with Gasteiger partial charge in [-0.25, -0.2) is 0 Å². The second-order valence-electron chi connectivity index (χ2n) is 4.97. The number of nitrogens with zero attached hydrogens (tertiary/aromatic N) is 1. The van der Waals surface area contributed by atoms with Crippen molar-refractivity contribution in [2.75, 3.05) is 39.4 Å². The first-order chi connectivity index (χ1) is 8.83. The van der Waals surface area contributed by atoms with Crippen LogP contribution in [0.15, 0.2) is 12.1 Å². The summed E-state index contributed by atoms with van der Waals surface area (Å²) in [5.74, 6) is 1.86. The van der Waals surface area contributed by atoms with Gasteiger partial charge in [0.05, 0.1) is 0 Å². The molecule has 0 saturated carbocycles. The predicted molar refractivity (Wildman–Crippen MR) is 70.3 cm³/mol. The third-order valence-corrected chi connectivity index (χ3v) is 3.47. The maximum atomic E-state index is 5.78. The molecule has 2 aliphatic heterocycles. The van der Waals surface area contributed by atoms with Crippen LogP contribution in [0.25, 0.3) is 0 Å². The quantitative estimate of drug-likeness (QED) is 0.852. The number of rotatable bonds is 2. The average molecular weight is 248 g/mol. The van der Waals surface area contributed by atoms with Gasteiger partial charge in [0.25, 0.3) is 0 Å². The van der Waals surface area contributed by atoms with Crippen molar-refractivity contribution >= 4 is 0 Å². The Hall–Kier alpha value is -1.26. The van der Waals surface area contributed by atoms with Crippen LogP contribution in [-0.4, -0.2) is 44.3 Å². The summed E-state index contributed by atoms with van der Waals surface area (Å²) in [6.45, 7) is 8.73. The molecule has 1 aromatic rings. The Morgan fingerprint density at radius 2 is 1.94 bits per heavy atom. The molecule has 3 rings (SSSR count). The molecule has 1 N–H and O–H groups in total. The minimum Gasteiger partial charge on any atom is -0.486 e. The third-order valence-electron chi connectivity index (χ3n) is 3.47. The predicted octanol–water partition coefficient (Wildman–Crippen LogP) is 1.17. The van der Waals surface area contributed by atoms with Crippen LogP contribution in [0.5, 0.6) is 11.5 Å². The van der Waals surface area contributed by atoms with Gasteiger partial charge in [-0.2, -0.15) is 0 Å². The lowest BCUT2D eigenvalue weighted by molar-refractivity contribution is 0.165. The van der Waals surface area contributed by atoms with Crippen molar-refractivity contribution in [3.05, 3.63) is 23.3 Å². The molecule has 4 nitrogen and oxygen atoms in total. The fraction of sp³-hybridized carbons (Fsp3) is 0.571. The molecule has 0 bridgehead atoms. The van der Waals surface area contributed by atoms with E-state index in [1.54, 1.807) is 0 Å². The van der Waals surface area contributed by atoms with Crippen molar-refractivity contribution < 1.29 is 9.47 Å². The summed E-state index contributed by atoms with van der Waals surface area (Å²) < 4.78 is 11.5. The Morgan fingerprint density at radius 1 is 1.17 bits per heavy atom. The molecule has 0 spiro atoms. The number of hydrogen-bond donors (Lipinski definition) is 1. The molecule has 0 atom stereocenters. The standard InChI is InChI=1S/C14H20N2O2/c1-11-8-12(10-16-4-2-15-3-5-16)14-13(9-11)17-6-7-18-14/h8-9,15H,2-7,10H2,1H3. The summed E-state index contributed by atoms with van der Waals surface area (Å²) in [4.78, 5) is 2.46. The van der Waals surface area contributed by atoms with Gasteiger partial charge in [0.15, 0.2) is 11.5 Å². The van der Waals surface area contributed by atoms with E-state index >= 15 is 0 Å². The Labute approximate surface area is 108 Å². The summed E-state index contributed by atoms with van der Waals surface area (Å²) in [5, 5.41) is 3.38. The van der Waals surface area contributed by atoms with Gasteiger partial charge in [-0.15, -0.1) is 0 Å². The highest BCUT2D eigenvalue weighted by atomic mass is 16.6. The summed E-state index contributed by atoms with van der Waals surface area (Å²) in [6, 6.07) is 4.28. The van der Waals surface area contributed by atoms with Crippen molar-refractivity contribution in [1.82, 2.24) is 10.2 Å². The van der Waals surface area contributed by atoms with Gasteiger partial charge < -0.3 is 14.8 Å². The first kappa shape index (κ1) is 11.8. The van der Waals surface area contributed by atoms with Crippen molar-refractivity contribution in [3.63, 3.8) is 0 Å². The molecule has 0 radical (unpaired) electrons. The van der Waals surface area contributed by atoms with Gasteiger partial charge in [-0.3, -0.25) is 4.90 Å². The molecule has 0 unspecified atom stereocenters. The van der Waals surface area contributed by atoms with E-state index in [-0.39, 0.29) is 0 Å². The zero-order valence-corrected chi connectivity index (χ0v) is 10.9. The molecule has 2 heterocycles. The van der Waals surface area contributed by atoms with E-state index < -0.39 is 0 Å². The van der Waals surface area contributed by atoms with Gasteiger partial charge in [0, 0.05) is 38.3 Å². The molecule has 0 aromatic heterocycles. The fourth-order valence-corrected chi connectivity index (χ4v) is 2.61. The largest absolute Gasteiger partial charge is 0.486 e. The van der Waals surface area contributed by atoms with E-state index in [1.165, 1.54) is 11.1 Å². The van der Waals surface area contributed by atoms with Gasteiger partial charge in [-0.1, -0.05) is 6.07 Å². The van der Waals surface area contributed by atoms with Gasteiger partial charge in [0.2, 0.25) is 0 Å². The topological polar surface area (TPSA) is 33.7 Å². The first-order valence-corrected chi connectivity index (χ1v) is 6.65. The average Bonchev–Trinajstić information content (AvgIpc) is 2.40. The molecular weight excluding hydrogens is 228 g/mol. The van der Waals surface area contributed by atoms with Crippen LogP contribution in [0.3, 0.4) is 0 Å². The van der Waals surface area contributed by atoms with E-state index in [0.29, 0.717) is 13.2 Å². The highest BCUT2D eigenvalue weighted by Crippen LogP contribution is 2.35. The van der Waals surface area contributed by atoms with Crippen molar-refractivity contribution in [3.8, 4) is 11.5 Å². The van der Waals surface area contributed by atoms with Crippen LogP contribution in [-0.2, 0) is 6.54 Å². The van der Waals surface area contributed by atoms with Crippen molar-refractivity contribution in [1.29, 1.82) is 0 Å². The highest BCUT2D eigenvalue weighted by Gasteiger charge is 2.19. The molecule has 1 aromatic carbocycles. The second kappa shape index (κ2) is 5.16. The monoisotopic (exact) mass is 248 g/mol. The van der Waals surface area contributed by atoms with E-state index in [2.05, 4.69) is 29.3 Å². The third kappa shape index (κ3) is 2.44. The lowest BCUT2D eigenvalue weighted by Crippen LogP contribution is -2.43. The van der Waals surface area contributed by atoms with E-state index in [1.807, 2.05) is 0 Å². The molecular formula is C14H20N2O2. The smallest absolute Gasteiger partial charge is 0.165 e. The molecule has 1 saturated heterocycles. The van der Waals surface area contributed by atoms with Crippen LogP contribution in [0.1, 0.15) is 11.1 Å². The lowest BCUT2D eigenvalue weighted by atomic mass is 10.1. The lowest BCUT2D eigenvalue weighted by Gasteiger charge is -2.29. The SMILES string of the molecule is Cc1cc(CN2CCNCC2)c2c(c1)OCCO2. The Balaban J connectivity index is 1.83. The number of ether oxygens (including phenoxy) is 2. The van der Waals surface area contributed by atoms with Crippen LogP contribution in [0.4, 0.5) is 0 Å². The molecule has 98 valence electrons. The first-order valence-electron chi connectivity index (χ1n) is 6.65. The number of piperazine rings is 1. The summed E-state index contributed by atoms with van der Waals surface area (Å²) >= 11 is 0. The van der Waals surface area contributed by atoms with Crippen LogP contribution >= 0.6 is 0 Å². The van der Waals surface area contributed by atoms with E-state index in [9.17, 15) is 0 Å². The maximum Gasteiger partial charge on any atom is 0.165 e. The summed E-state index contributed by atoms with van der Waals surface area (Å²) in [7, 11) is 0. The molecule has 0 amide bonds. The van der Waals surface area contributed by atoms with Gasteiger partial charge in [0.1, 0.15) is 13.2 Å². The number of nitrogens with one attached hydrogen (secondary N) is 1. The minimum atomic E-state index is 0.656. The maximum absolute atomic E-state index is 5.78. The highest BCUT2D eigenvalue weighted by molar-refractivity contribution is 5.50. The number of benzene rings is 1. The minimum absolute atomic E-state index is 0.656. The zero-order chi connectivity index (χ0) is 12.4. The summed E-state index contributed by atoms with van der Waals surface area (Å²) in [5.41, 5.74) is 2.50. The fourth-order valence-electron chi connectivity index (χ4n) is 2.61. The number of fused-ring (bicyclic) bond motifs is 1. The van der Waals surface area contributed by atoms with E-state index in [0.717, 1.165) is 44.2 Å². The zero-order valence-electron chi connectivity index (χ0n) is 10.9. The molecule has 4 heteroatoms. The van der Waals surface area contributed by atoms with Gasteiger partial charge in [-0.05, 0) is 18.6 Å². The summed E-state index contributed by atoms with van der Waals surface area (Å²) in [6.07, 6.45) is 0.